The molecule has 0 aliphatic carbocycles. The van der Waals surface area contributed by atoms with Crippen LogP contribution in [0.1, 0.15) is 22.8 Å². The van der Waals surface area contributed by atoms with Crippen molar-refractivity contribution in [2.45, 2.75) is 13.3 Å². The molecule has 0 heterocycles. The van der Waals surface area contributed by atoms with Crippen LogP contribution >= 0.6 is 15.9 Å². The maximum atomic E-state index is 12.1. The van der Waals surface area contributed by atoms with E-state index in [9.17, 15) is 9.59 Å². The summed E-state index contributed by atoms with van der Waals surface area (Å²) in [5.41, 5.74) is 6.22. The van der Waals surface area contributed by atoms with Gasteiger partial charge in [0.15, 0.2) is 0 Å². The zero-order valence-corrected chi connectivity index (χ0v) is 16.0. The number of carbonyl (C=O) groups is 2. The minimum atomic E-state index is -0.425. The molecule has 0 bridgehead atoms. The highest BCUT2D eigenvalue weighted by Gasteiger charge is 2.10. The molecule has 0 unspecified atom stereocenters. The minimum absolute atomic E-state index is 0.103. The Kier molecular flexibility index (Phi) is 8.11. The third kappa shape index (κ3) is 6.50. The van der Waals surface area contributed by atoms with Gasteiger partial charge in [0.1, 0.15) is 12.4 Å². The highest BCUT2D eigenvalue weighted by Crippen LogP contribution is 2.26. The van der Waals surface area contributed by atoms with Crippen molar-refractivity contribution in [1.29, 1.82) is 0 Å². The topological polar surface area (TPSA) is 76.7 Å². The molecule has 6 nitrogen and oxygen atoms in total. The predicted octanol–water partition coefficient (Wildman–Crippen LogP) is 2.87. The molecule has 0 aliphatic heterocycles. The largest absolute Gasteiger partial charge is 0.492 e. The summed E-state index contributed by atoms with van der Waals surface area (Å²) in [6, 6.07) is 15.0. The van der Waals surface area contributed by atoms with E-state index in [0.717, 1.165) is 6.42 Å². The monoisotopic (exact) mass is 420 g/mol. The van der Waals surface area contributed by atoms with Gasteiger partial charge in [-0.3, -0.25) is 20.4 Å². The Morgan fingerprint density at radius 3 is 2.54 bits per heavy atom. The lowest BCUT2D eigenvalue weighted by Gasteiger charge is -2.11. The summed E-state index contributed by atoms with van der Waals surface area (Å²) in [6.45, 7) is 2.64. The summed E-state index contributed by atoms with van der Waals surface area (Å²) < 4.78 is 11.4. The number of nitrogens with one attached hydrogen (secondary N) is 2. The van der Waals surface area contributed by atoms with Gasteiger partial charge in [0.25, 0.3) is 11.8 Å². The molecule has 0 saturated heterocycles. The molecule has 0 aromatic heterocycles. The molecule has 26 heavy (non-hydrogen) atoms. The zero-order chi connectivity index (χ0) is 18.8. The smallest absolute Gasteiger partial charge is 0.269 e. The van der Waals surface area contributed by atoms with Crippen LogP contribution in [0.25, 0.3) is 0 Å². The van der Waals surface area contributed by atoms with Crippen molar-refractivity contribution < 1.29 is 19.1 Å². The van der Waals surface area contributed by atoms with E-state index in [2.05, 4.69) is 26.8 Å². The molecule has 0 saturated carbocycles. The van der Waals surface area contributed by atoms with Crippen LogP contribution in [0.4, 0.5) is 0 Å². The zero-order valence-electron chi connectivity index (χ0n) is 14.5. The molecule has 2 rings (SSSR count). The first-order chi connectivity index (χ1) is 12.6. The third-order valence-electron chi connectivity index (χ3n) is 3.44. The molecule has 7 heteroatoms. The van der Waals surface area contributed by atoms with Gasteiger partial charge >= 0.3 is 0 Å². The van der Waals surface area contributed by atoms with Crippen molar-refractivity contribution in [2.75, 3.05) is 19.8 Å². The number of carbonyl (C=O) groups excluding carboxylic acids is 2. The van der Waals surface area contributed by atoms with Crippen LogP contribution in [0.3, 0.4) is 0 Å². The molecular weight excluding hydrogens is 400 g/mol. The summed E-state index contributed by atoms with van der Waals surface area (Å²) in [6.07, 6.45) is 0.793. The van der Waals surface area contributed by atoms with Crippen molar-refractivity contribution >= 4 is 27.7 Å². The van der Waals surface area contributed by atoms with Crippen molar-refractivity contribution in [3.63, 3.8) is 0 Å². The van der Waals surface area contributed by atoms with E-state index in [4.69, 9.17) is 9.47 Å². The van der Waals surface area contributed by atoms with Crippen molar-refractivity contribution in [3.05, 3.63) is 64.1 Å². The Hall–Kier alpha value is -2.38. The van der Waals surface area contributed by atoms with Crippen molar-refractivity contribution in [1.82, 2.24) is 10.9 Å². The number of amides is 2. The van der Waals surface area contributed by atoms with E-state index in [-0.39, 0.29) is 6.61 Å². The maximum absolute atomic E-state index is 12.1. The molecule has 138 valence electrons. The standard InChI is InChI=1S/C19H21BrN2O4/c1-2-25-13-18(23)21-22-19(24)15-8-9-17(16(20)12-15)26-11-10-14-6-4-3-5-7-14/h3-9,12H,2,10-11,13H2,1H3,(H,21,23)(H,22,24). The average molecular weight is 421 g/mol. The van der Waals surface area contributed by atoms with Gasteiger partial charge in [-0.25, -0.2) is 0 Å². The van der Waals surface area contributed by atoms with Crippen LogP contribution in [-0.4, -0.2) is 31.6 Å². The Morgan fingerprint density at radius 2 is 1.85 bits per heavy atom. The number of hydrazine groups is 1. The lowest BCUT2D eigenvalue weighted by molar-refractivity contribution is -0.126. The molecule has 0 fully saturated rings. The lowest BCUT2D eigenvalue weighted by atomic mass is 10.2. The third-order valence-corrected chi connectivity index (χ3v) is 4.06. The fourth-order valence-corrected chi connectivity index (χ4v) is 2.61. The molecule has 0 aliphatic rings. The molecule has 0 spiro atoms. The van der Waals surface area contributed by atoms with Crippen LogP contribution in [-0.2, 0) is 16.0 Å². The summed E-state index contributed by atoms with van der Waals surface area (Å²) in [5.74, 6) is -0.190. The normalized spacial score (nSPS) is 10.2. The highest BCUT2D eigenvalue weighted by atomic mass is 79.9. The van der Waals surface area contributed by atoms with Gasteiger partial charge in [-0.05, 0) is 46.6 Å². The van der Waals surface area contributed by atoms with Crippen molar-refractivity contribution in [2.24, 2.45) is 0 Å². The van der Waals surface area contributed by atoms with Crippen molar-refractivity contribution in [3.8, 4) is 5.75 Å². The first kappa shape index (κ1) is 19.9. The second-order valence-corrected chi connectivity index (χ2v) is 6.22. The fraction of sp³-hybridized carbons (Fsp3) is 0.263. The molecule has 0 atom stereocenters. The molecular formula is C19H21BrN2O4. The van der Waals surface area contributed by atoms with E-state index in [0.29, 0.717) is 29.0 Å². The number of halogens is 1. The Balaban J connectivity index is 1.83. The van der Waals surface area contributed by atoms with Gasteiger partial charge in [-0.15, -0.1) is 0 Å². The summed E-state index contributed by atoms with van der Waals surface area (Å²) in [7, 11) is 0. The van der Waals surface area contributed by atoms with E-state index < -0.39 is 11.8 Å². The summed E-state index contributed by atoms with van der Waals surface area (Å²) in [4.78, 5) is 23.5. The van der Waals surface area contributed by atoms with Crippen LogP contribution in [0, 0.1) is 0 Å². The fourth-order valence-electron chi connectivity index (χ4n) is 2.11. The molecule has 2 amide bonds. The summed E-state index contributed by atoms with van der Waals surface area (Å²) in [5, 5.41) is 0. The lowest BCUT2D eigenvalue weighted by Crippen LogP contribution is -2.43. The van der Waals surface area contributed by atoms with Gasteiger partial charge in [0.05, 0.1) is 11.1 Å². The number of benzene rings is 2. The van der Waals surface area contributed by atoms with Gasteiger partial charge in [0.2, 0.25) is 0 Å². The van der Waals surface area contributed by atoms with Crippen LogP contribution in [0.2, 0.25) is 0 Å². The number of hydrogen-bond acceptors (Lipinski definition) is 4. The van der Waals surface area contributed by atoms with Gasteiger partial charge in [-0.2, -0.15) is 0 Å². The second kappa shape index (κ2) is 10.6. The maximum Gasteiger partial charge on any atom is 0.269 e. The Bertz CT molecular complexity index is 738. The number of ether oxygens (including phenoxy) is 2. The second-order valence-electron chi connectivity index (χ2n) is 5.37. The van der Waals surface area contributed by atoms with E-state index in [1.807, 2.05) is 30.3 Å². The number of rotatable bonds is 8. The number of hydrogen-bond donors (Lipinski definition) is 2. The van der Waals surface area contributed by atoms with E-state index in [1.54, 1.807) is 25.1 Å². The first-order valence-corrected chi connectivity index (χ1v) is 9.02. The van der Waals surface area contributed by atoms with Crippen LogP contribution < -0.4 is 15.6 Å². The summed E-state index contributed by atoms with van der Waals surface area (Å²) >= 11 is 3.40. The van der Waals surface area contributed by atoms with E-state index in [1.165, 1.54) is 5.56 Å². The van der Waals surface area contributed by atoms with Gasteiger partial charge < -0.3 is 9.47 Å². The SMILES string of the molecule is CCOCC(=O)NNC(=O)c1ccc(OCCc2ccccc2)c(Br)c1. The molecule has 2 aromatic rings. The Morgan fingerprint density at radius 1 is 1.08 bits per heavy atom. The molecule has 0 radical (unpaired) electrons. The predicted molar refractivity (Wildman–Crippen MR) is 102 cm³/mol. The molecule has 2 aromatic carbocycles. The highest BCUT2D eigenvalue weighted by molar-refractivity contribution is 9.10. The van der Waals surface area contributed by atoms with Crippen LogP contribution in [0.5, 0.6) is 5.75 Å². The quantitative estimate of drug-likeness (QED) is 0.643. The Labute approximate surface area is 161 Å². The first-order valence-electron chi connectivity index (χ1n) is 8.23. The van der Waals surface area contributed by atoms with Gasteiger partial charge in [-0.1, -0.05) is 30.3 Å². The van der Waals surface area contributed by atoms with E-state index >= 15 is 0 Å². The molecule has 2 N–H and O–H groups in total. The van der Waals surface area contributed by atoms with Crippen LogP contribution in [0.15, 0.2) is 53.0 Å². The minimum Gasteiger partial charge on any atom is -0.492 e. The average Bonchev–Trinajstić information content (AvgIpc) is 2.66. The van der Waals surface area contributed by atoms with Gasteiger partial charge in [0, 0.05) is 18.6 Å².